The van der Waals surface area contributed by atoms with E-state index in [9.17, 15) is 53.6 Å². The number of carbonyl (C=O) groups is 6. The number of anilines is 1. The smallest absolute Gasteiger partial charge is 0.352 e. The molecule has 1 aromatic carbocycles. The van der Waals surface area contributed by atoms with E-state index in [1.54, 1.807) is 0 Å². The van der Waals surface area contributed by atoms with Crippen LogP contribution in [0.15, 0.2) is 33.9 Å². The molecule has 282 valence electrons. The van der Waals surface area contributed by atoms with Crippen molar-refractivity contribution in [2.45, 2.75) is 43.7 Å². The summed E-state index contributed by atoms with van der Waals surface area (Å²) in [7, 11) is 0. The molecule has 5 heterocycles. The van der Waals surface area contributed by atoms with Gasteiger partial charge in [-0.25, -0.2) is 19.0 Å². The summed E-state index contributed by atoms with van der Waals surface area (Å²) in [5.74, 6) is -9.23. The minimum atomic E-state index is -1.81. The van der Waals surface area contributed by atoms with E-state index in [1.807, 2.05) is 0 Å². The van der Waals surface area contributed by atoms with Gasteiger partial charge in [0.25, 0.3) is 17.7 Å². The summed E-state index contributed by atoms with van der Waals surface area (Å²) in [4.78, 5) is 86.6. The Labute approximate surface area is 308 Å². The lowest BCUT2D eigenvalue weighted by Crippen LogP contribution is -2.71. The van der Waals surface area contributed by atoms with E-state index in [1.165, 1.54) is 31.0 Å². The van der Waals surface area contributed by atoms with E-state index in [0.717, 1.165) is 22.3 Å². The number of Topliss-reactive ketones (excluding diaryl/α,β-unsaturated/α-hetero) is 1. The number of amides is 3. The summed E-state index contributed by atoms with van der Waals surface area (Å²) in [6, 6.07) is 0.327. The van der Waals surface area contributed by atoms with Crippen LogP contribution in [-0.2, 0) is 28.8 Å². The Bertz CT molecular complexity index is 1980. The lowest BCUT2D eigenvalue weighted by molar-refractivity contribution is -0.904. The second-order valence-electron chi connectivity index (χ2n) is 14.0. The number of nitrogens with one attached hydrogen (secondary N) is 2. The molecule has 21 heteroatoms. The number of hydrogen-bond donors (Lipinski definition) is 7. The summed E-state index contributed by atoms with van der Waals surface area (Å²) in [5, 5.41) is 48.4. The standard InChI is InChI=1S/C32H34FN7O11S2/c1-31(2,29(49)50)51-38-19(17-11-53-30(34)36-17)24(44)37-20-26(46)39-21(28(47)48)15(10-52-27(20)39)9-40-5-3-32(13-40,4-6-40)12-35-25(45)22(42)14-7-16(33)23(43)18(41)8-14/h7-8,11,20,27H,3-6,9-10,12-13H2,1-2H3,(H7-,34,35,36,37,38,41,42,43,44,45,47,48,49,50)/p+1/t20-,27-,32?,40?/m1/s1. The highest BCUT2D eigenvalue weighted by Crippen LogP contribution is 2.48. The van der Waals surface area contributed by atoms with Crippen molar-refractivity contribution < 1.29 is 62.9 Å². The Morgan fingerprint density at radius 2 is 1.87 bits per heavy atom. The van der Waals surface area contributed by atoms with Crippen LogP contribution in [0.3, 0.4) is 0 Å². The van der Waals surface area contributed by atoms with Crippen molar-refractivity contribution >= 4 is 69.4 Å². The van der Waals surface area contributed by atoms with Crippen LogP contribution in [0.1, 0.15) is 42.7 Å². The van der Waals surface area contributed by atoms with Crippen LogP contribution < -0.4 is 16.4 Å². The molecule has 3 saturated heterocycles. The third-order valence-corrected chi connectivity index (χ3v) is 12.0. The maximum Gasteiger partial charge on any atom is 0.352 e. The predicted octanol–water partition coefficient (Wildman–Crippen LogP) is 0.208. The predicted molar refractivity (Wildman–Crippen MR) is 184 cm³/mol. The van der Waals surface area contributed by atoms with Crippen LogP contribution in [0.5, 0.6) is 11.5 Å². The number of aromatic nitrogens is 1. The molecule has 18 nitrogen and oxygen atoms in total. The van der Waals surface area contributed by atoms with Crippen LogP contribution in [-0.4, -0.2) is 131 Å². The molecule has 6 rings (SSSR count). The number of oxime groups is 1. The van der Waals surface area contributed by atoms with Gasteiger partial charge in [-0.15, -0.1) is 23.1 Å². The number of hydrogen-bond acceptors (Lipinski definition) is 14. The fraction of sp³-hybridized carbons (Fsp3) is 0.438. The Kier molecular flexibility index (Phi) is 9.62. The third kappa shape index (κ3) is 6.98. The van der Waals surface area contributed by atoms with Gasteiger partial charge in [-0.2, -0.15) is 0 Å². The first-order valence-corrected chi connectivity index (χ1v) is 18.1. The molecule has 0 aliphatic carbocycles. The van der Waals surface area contributed by atoms with Gasteiger partial charge in [0.05, 0.1) is 19.6 Å². The number of nitrogen functional groups attached to an aromatic ring is 1. The van der Waals surface area contributed by atoms with Crippen molar-refractivity contribution in [1.29, 1.82) is 0 Å². The number of benzene rings is 1. The second kappa shape index (κ2) is 13.6. The van der Waals surface area contributed by atoms with Crippen LogP contribution in [0, 0.1) is 11.2 Å². The zero-order valence-electron chi connectivity index (χ0n) is 28.3. The number of aliphatic carboxylic acids is 2. The van der Waals surface area contributed by atoms with Crippen molar-refractivity contribution in [2.75, 3.05) is 44.2 Å². The van der Waals surface area contributed by atoms with E-state index >= 15 is 0 Å². The number of halogens is 1. The molecule has 4 aliphatic rings. The molecular formula is C32H35FN7O11S2+. The average Bonchev–Trinajstić information content (AvgIpc) is 3.81. The van der Waals surface area contributed by atoms with Crippen LogP contribution >= 0.6 is 23.1 Å². The van der Waals surface area contributed by atoms with Crippen molar-refractivity contribution in [3.8, 4) is 11.5 Å². The van der Waals surface area contributed by atoms with Crippen molar-refractivity contribution in [2.24, 2.45) is 10.6 Å². The molecule has 0 spiro atoms. The van der Waals surface area contributed by atoms with Gasteiger partial charge in [-0.05, 0) is 26.0 Å². The fourth-order valence-corrected chi connectivity index (χ4v) is 8.96. The Morgan fingerprint density at radius 1 is 1.17 bits per heavy atom. The van der Waals surface area contributed by atoms with Crippen LogP contribution in [0.25, 0.3) is 0 Å². The monoisotopic (exact) mass is 776 g/mol. The van der Waals surface area contributed by atoms with Gasteiger partial charge >= 0.3 is 11.9 Å². The molecular weight excluding hydrogens is 742 g/mol. The van der Waals surface area contributed by atoms with Crippen molar-refractivity contribution in [3.05, 3.63) is 45.9 Å². The minimum absolute atomic E-state index is 0.0140. The summed E-state index contributed by atoms with van der Waals surface area (Å²) in [5.41, 5.74) is 3.02. The number of phenolic OH excluding ortho intramolecular Hbond substituents is 2. The summed E-state index contributed by atoms with van der Waals surface area (Å²) >= 11 is 2.27. The number of carboxylic acids is 2. The topological polar surface area (TPSA) is 271 Å². The number of β-lactam (4-membered cyclic amide) rings is 1. The maximum atomic E-state index is 13.8. The van der Waals surface area contributed by atoms with E-state index in [4.69, 9.17) is 10.6 Å². The lowest BCUT2D eigenvalue weighted by atomic mass is 9.84. The van der Waals surface area contributed by atoms with Gasteiger partial charge in [0.2, 0.25) is 11.4 Å². The summed E-state index contributed by atoms with van der Waals surface area (Å²) in [6.07, 6.45) is 1.33. The largest absolute Gasteiger partial charge is 0.504 e. The van der Waals surface area contributed by atoms with Gasteiger partial charge in [0, 0.05) is 47.1 Å². The van der Waals surface area contributed by atoms with E-state index in [0.29, 0.717) is 55.1 Å². The van der Waals surface area contributed by atoms with Gasteiger partial charge in [-0.1, -0.05) is 5.16 Å². The number of nitrogens with two attached hydrogens (primary N) is 1. The fourth-order valence-electron chi connectivity index (χ4n) is 7.07. The number of piperidine rings is 1. The van der Waals surface area contributed by atoms with Crippen LogP contribution in [0.2, 0.25) is 0 Å². The van der Waals surface area contributed by atoms with Gasteiger partial charge in [0.1, 0.15) is 29.4 Å². The highest BCUT2D eigenvalue weighted by Gasteiger charge is 2.58. The number of nitrogens with zero attached hydrogens (tertiary/aromatic N) is 4. The maximum absolute atomic E-state index is 13.8. The number of ketones is 1. The number of carboxylic acid groups (broad SMARTS) is 2. The number of aromatic hydroxyl groups is 2. The zero-order chi connectivity index (χ0) is 38.6. The van der Waals surface area contributed by atoms with E-state index in [-0.39, 0.29) is 34.2 Å². The normalized spacial score (nSPS) is 25.1. The summed E-state index contributed by atoms with van der Waals surface area (Å²) < 4.78 is 14.3. The molecule has 4 aliphatic heterocycles. The second-order valence-corrected chi connectivity index (χ2v) is 16.0. The number of quaternary nitrogens is 1. The van der Waals surface area contributed by atoms with Gasteiger partial charge in [0.15, 0.2) is 28.2 Å². The molecule has 2 atom stereocenters. The highest BCUT2D eigenvalue weighted by atomic mass is 32.2. The molecule has 3 amide bonds. The van der Waals surface area contributed by atoms with E-state index < -0.39 is 81.1 Å². The molecule has 0 saturated carbocycles. The van der Waals surface area contributed by atoms with Gasteiger partial charge in [-0.3, -0.25) is 24.1 Å². The van der Waals surface area contributed by atoms with Crippen LogP contribution in [0.4, 0.5) is 9.52 Å². The molecule has 1 aromatic heterocycles. The average molecular weight is 777 g/mol. The third-order valence-electron chi connectivity index (χ3n) is 9.96. The molecule has 2 bridgehead atoms. The molecule has 3 fully saturated rings. The van der Waals surface area contributed by atoms with Crippen molar-refractivity contribution in [1.82, 2.24) is 20.5 Å². The zero-order valence-corrected chi connectivity index (χ0v) is 29.9. The lowest BCUT2D eigenvalue weighted by Gasteiger charge is -2.50. The molecule has 0 radical (unpaired) electrons. The Hall–Kier alpha value is -5.28. The molecule has 53 heavy (non-hydrogen) atoms. The van der Waals surface area contributed by atoms with Gasteiger partial charge < -0.3 is 46.1 Å². The molecule has 8 N–H and O–H groups in total. The van der Waals surface area contributed by atoms with E-state index in [2.05, 4.69) is 20.8 Å². The number of thiazole rings is 1. The number of fused-ring (bicyclic) bond motifs is 3. The first-order chi connectivity index (χ1) is 24.9. The number of phenols is 2. The highest BCUT2D eigenvalue weighted by molar-refractivity contribution is 8.00. The Balaban J connectivity index is 1.12. The van der Waals surface area contributed by atoms with Crippen molar-refractivity contribution in [3.63, 3.8) is 0 Å². The first kappa shape index (κ1) is 37.5. The summed E-state index contributed by atoms with van der Waals surface area (Å²) in [6.45, 7) is 4.78. The number of thioether (sulfide) groups is 1. The quantitative estimate of drug-likeness (QED) is 0.0273. The SMILES string of the molecule is CC(C)(O/N=C(\C(=O)N[C@@H]1C(=O)N2C(C(=O)O)=C(C[N+]34CCC(CNC(=O)C(=O)c5cc(O)c(O)c(F)c5)(CC3)C4)CS[C@H]12)c1csc(N)n1)C(=O)O. The number of carbonyl (C=O) groups excluding carboxylic acids is 4. The minimum Gasteiger partial charge on any atom is -0.504 e. The Morgan fingerprint density at radius 3 is 2.47 bits per heavy atom. The molecule has 2 aromatic rings. The molecule has 0 unspecified atom stereocenters. The number of rotatable bonds is 13. The first-order valence-electron chi connectivity index (χ1n) is 16.2.